The Kier molecular flexibility index (Phi) is 7.76. The van der Waals surface area contributed by atoms with Crippen molar-refractivity contribution in [1.82, 2.24) is 20.4 Å². The van der Waals surface area contributed by atoms with E-state index in [0.29, 0.717) is 12.0 Å². The molecule has 3 rings (SSSR count). The maximum Gasteiger partial charge on any atom is 0.243 e. The molecule has 2 heterocycles. The molecule has 7 heteroatoms. The number of nitrogens with one attached hydrogen (secondary N) is 2. The molecule has 2 N–H and O–H groups in total. The zero-order valence-corrected chi connectivity index (χ0v) is 17.1. The van der Waals surface area contributed by atoms with Crippen molar-refractivity contribution in [2.75, 3.05) is 53.5 Å². The Bertz CT molecular complexity index is 491. The SMILES string of the molecule is CN(C)C(=O)CN=C(NCC1CCOC1)NC1CCN(C2CCCC2)CC1. The second-order valence-corrected chi connectivity index (χ2v) is 8.46. The highest BCUT2D eigenvalue weighted by Crippen LogP contribution is 2.26. The van der Waals surface area contributed by atoms with Gasteiger partial charge in [-0.1, -0.05) is 12.8 Å². The largest absolute Gasteiger partial charge is 0.381 e. The minimum absolute atomic E-state index is 0.0244. The first kappa shape index (κ1) is 20.4. The van der Waals surface area contributed by atoms with Crippen LogP contribution in [0.25, 0.3) is 0 Å². The van der Waals surface area contributed by atoms with Crippen LogP contribution in [-0.2, 0) is 9.53 Å². The first-order valence-corrected chi connectivity index (χ1v) is 10.7. The molecule has 2 aliphatic heterocycles. The molecular weight excluding hydrogens is 342 g/mol. The Labute approximate surface area is 163 Å². The van der Waals surface area contributed by atoms with E-state index < -0.39 is 0 Å². The van der Waals surface area contributed by atoms with Crippen LogP contribution in [0.4, 0.5) is 0 Å². The lowest BCUT2D eigenvalue weighted by molar-refractivity contribution is -0.127. The third-order valence-electron chi connectivity index (χ3n) is 6.16. The van der Waals surface area contributed by atoms with Gasteiger partial charge >= 0.3 is 0 Å². The number of hydrogen-bond donors (Lipinski definition) is 2. The van der Waals surface area contributed by atoms with E-state index in [1.54, 1.807) is 19.0 Å². The highest BCUT2D eigenvalue weighted by molar-refractivity contribution is 5.84. The van der Waals surface area contributed by atoms with Crippen molar-refractivity contribution in [2.45, 2.75) is 57.0 Å². The number of rotatable bonds is 6. The van der Waals surface area contributed by atoms with Crippen LogP contribution in [0.15, 0.2) is 4.99 Å². The molecular formula is C20H37N5O2. The zero-order valence-electron chi connectivity index (χ0n) is 17.1. The molecule has 1 unspecified atom stereocenters. The van der Waals surface area contributed by atoms with Crippen LogP contribution in [0.1, 0.15) is 44.9 Å². The third-order valence-corrected chi connectivity index (χ3v) is 6.16. The fourth-order valence-electron chi connectivity index (χ4n) is 4.30. The monoisotopic (exact) mass is 379 g/mol. The number of amides is 1. The highest BCUT2D eigenvalue weighted by Gasteiger charge is 2.27. The van der Waals surface area contributed by atoms with Crippen LogP contribution in [0, 0.1) is 5.92 Å². The van der Waals surface area contributed by atoms with E-state index in [-0.39, 0.29) is 12.5 Å². The minimum Gasteiger partial charge on any atom is -0.381 e. The van der Waals surface area contributed by atoms with Gasteiger partial charge in [0.15, 0.2) is 5.96 Å². The van der Waals surface area contributed by atoms with Gasteiger partial charge in [-0.25, -0.2) is 4.99 Å². The van der Waals surface area contributed by atoms with Gasteiger partial charge in [0, 0.05) is 58.3 Å². The number of carbonyl (C=O) groups excluding carboxylic acids is 1. The molecule has 1 amide bonds. The Morgan fingerprint density at radius 3 is 2.52 bits per heavy atom. The molecule has 0 aromatic rings. The molecule has 0 spiro atoms. The topological polar surface area (TPSA) is 69.2 Å². The lowest BCUT2D eigenvalue weighted by Gasteiger charge is -2.36. The smallest absolute Gasteiger partial charge is 0.243 e. The van der Waals surface area contributed by atoms with E-state index in [1.807, 2.05) is 0 Å². The van der Waals surface area contributed by atoms with Crippen molar-refractivity contribution >= 4 is 11.9 Å². The number of guanidine groups is 1. The van der Waals surface area contributed by atoms with Gasteiger partial charge < -0.3 is 25.2 Å². The summed E-state index contributed by atoms with van der Waals surface area (Å²) in [5.41, 5.74) is 0. The van der Waals surface area contributed by atoms with E-state index in [9.17, 15) is 4.79 Å². The minimum atomic E-state index is 0.0244. The maximum absolute atomic E-state index is 11.9. The lowest BCUT2D eigenvalue weighted by Crippen LogP contribution is -2.51. The quantitative estimate of drug-likeness (QED) is 0.533. The number of nitrogens with zero attached hydrogens (tertiary/aromatic N) is 3. The van der Waals surface area contributed by atoms with Crippen molar-refractivity contribution < 1.29 is 9.53 Å². The van der Waals surface area contributed by atoms with Crippen LogP contribution in [0.2, 0.25) is 0 Å². The maximum atomic E-state index is 11.9. The molecule has 154 valence electrons. The first-order chi connectivity index (χ1) is 13.1. The Hall–Kier alpha value is -1.34. The summed E-state index contributed by atoms with van der Waals surface area (Å²) in [6, 6.07) is 1.25. The predicted octanol–water partition coefficient (Wildman–Crippen LogP) is 1.05. The standard InChI is InChI=1S/C20H37N5O2/c1-24(2)19(26)14-22-20(21-13-16-9-12-27-15-16)23-17-7-10-25(11-8-17)18-5-3-4-6-18/h16-18H,3-15H2,1-2H3,(H2,21,22,23). The summed E-state index contributed by atoms with van der Waals surface area (Å²) in [5.74, 6) is 1.33. The fraction of sp³-hybridized carbons (Fsp3) is 0.900. The van der Waals surface area contributed by atoms with E-state index >= 15 is 0 Å². The van der Waals surface area contributed by atoms with Gasteiger partial charge in [-0.05, 0) is 32.1 Å². The van der Waals surface area contributed by atoms with Crippen LogP contribution in [-0.4, -0.2) is 87.2 Å². The normalized spacial score (nSPS) is 25.7. The number of likely N-dealkylation sites (N-methyl/N-ethyl adjacent to an activating group) is 1. The highest BCUT2D eigenvalue weighted by atomic mass is 16.5. The molecule has 3 fully saturated rings. The van der Waals surface area contributed by atoms with E-state index in [1.165, 1.54) is 38.8 Å². The summed E-state index contributed by atoms with van der Waals surface area (Å²) in [7, 11) is 3.54. The second kappa shape index (κ2) is 10.3. The van der Waals surface area contributed by atoms with Crippen LogP contribution >= 0.6 is 0 Å². The summed E-state index contributed by atoms with van der Waals surface area (Å²) < 4.78 is 5.46. The van der Waals surface area contributed by atoms with Gasteiger partial charge in [0.05, 0.1) is 6.61 Å². The van der Waals surface area contributed by atoms with Gasteiger partial charge in [0.25, 0.3) is 0 Å². The molecule has 0 aromatic carbocycles. The summed E-state index contributed by atoms with van der Waals surface area (Å²) in [6.45, 7) is 5.04. The molecule has 1 aliphatic carbocycles. The second-order valence-electron chi connectivity index (χ2n) is 8.46. The first-order valence-electron chi connectivity index (χ1n) is 10.7. The van der Waals surface area contributed by atoms with Crippen LogP contribution < -0.4 is 10.6 Å². The summed E-state index contributed by atoms with van der Waals surface area (Å²) in [6.07, 6.45) is 8.93. The number of carbonyl (C=O) groups is 1. The van der Waals surface area contributed by atoms with Gasteiger partial charge in [-0.2, -0.15) is 0 Å². The average Bonchev–Trinajstić information content (AvgIpc) is 3.38. The lowest BCUT2D eigenvalue weighted by atomic mass is 10.0. The molecule has 0 bridgehead atoms. The van der Waals surface area contributed by atoms with Crippen molar-refractivity contribution in [1.29, 1.82) is 0 Å². The van der Waals surface area contributed by atoms with Crippen molar-refractivity contribution in [3.05, 3.63) is 0 Å². The zero-order chi connectivity index (χ0) is 19.1. The third kappa shape index (κ3) is 6.35. The Balaban J connectivity index is 1.48. The molecule has 1 atom stereocenters. The van der Waals surface area contributed by atoms with Gasteiger partial charge in [0.2, 0.25) is 5.91 Å². The van der Waals surface area contributed by atoms with Crippen LogP contribution in [0.3, 0.4) is 0 Å². The number of piperidine rings is 1. The van der Waals surface area contributed by atoms with E-state index in [0.717, 1.165) is 51.0 Å². The van der Waals surface area contributed by atoms with Gasteiger partial charge in [0.1, 0.15) is 6.54 Å². The van der Waals surface area contributed by atoms with Crippen molar-refractivity contribution in [3.8, 4) is 0 Å². The summed E-state index contributed by atoms with van der Waals surface area (Å²) >= 11 is 0. The number of aliphatic imine (C=N–C) groups is 1. The molecule has 0 radical (unpaired) electrons. The summed E-state index contributed by atoms with van der Waals surface area (Å²) in [4.78, 5) is 20.7. The molecule has 27 heavy (non-hydrogen) atoms. The molecule has 2 saturated heterocycles. The number of ether oxygens (including phenoxy) is 1. The number of hydrogen-bond acceptors (Lipinski definition) is 4. The van der Waals surface area contributed by atoms with Crippen molar-refractivity contribution in [3.63, 3.8) is 0 Å². The molecule has 1 saturated carbocycles. The Morgan fingerprint density at radius 2 is 1.89 bits per heavy atom. The Morgan fingerprint density at radius 1 is 1.15 bits per heavy atom. The van der Waals surface area contributed by atoms with Gasteiger partial charge in [-0.3, -0.25) is 4.79 Å². The van der Waals surface area contributed by atoms with Crippen LogP contribution in [0.5, 0.6) is 0 Å². The molecule has 7 nitrogen and oxygen atoms in total. The van der Waals surface area contributed by atoms with Gasteiger partial charge in [-0.15, -0.1) is 0 Å². The van der Waals surface area contributed by atoms with E-state index in [2.05, 4.69) is 20.5 Å². The predicted molar refractivity (Wildman–Crippen MR) is 108 cm³/mol. The molecule has 3 aliphatic rings. The number of likely N-dealkylation sites (tertiary alicyclic amines) is 1. The fourth-order valence-corrected chi connectivity index (χ4v) is 4.30. The van der Waals surface area contributed by atoms with E-state index in [4.69, 9.17) is 4.74 Å². The molecule has 0 aromatic heterocycles. The van der Waals surface area contributed by atoms with Crippen molar-refractivity contribution in [2.24, 2.45) is 10.9 Å². The summed E-state index contributed by atoms with van der Waals surface area (Å²) in [5, 5.41) is 7.03. The average molecular weight is 380 g/mol.